The Morgan fingerprint density at radius 1 is 1.43 bits per heavy atom. The van der Waals surface area contributed by atoms with Crippen LogP contribution < -0.4 is 10.7 Å². The molecule has 0 fully saturated rings. The van der Waals surface area contributed by atoms with Gasteiger partial charge < -0.3 is 9.88 Å². The smallest absolute Gasteiger partial charge is 0.257 e. The van der Waals surface area contributed by atoms with Crippen molar-refractivity contribution in [2.75, 3.05) is 0 Å². The lowest BCUT2D eigenvalue weighted by molar-refractivity contribution is 0.0938. The summed E-state index contributed by atoms with van der Waals surface area (Å²) in [5.41, 5.74) is 0.751. The van der Waals surface area contributed by atoms with E-state index in [1.807, 2.05) is 19.2 Å². The first-order valence-corrected chi connectivity index (χ1v) is 9.94. The van der Waals surface area contributed by atoms with Crippen molar-refractivity contribution in [3.8, 4) is 0 Å². The summed E-state index contributed by atoms with van der Waals surface area (Å²) in [6.07, 6.45) is 2.42. The Morgan fingerprint density at radius 3 is 2.86 bits per heavy atom. The van der Waals surface area contributed by atoms with Crippen molar-refractivity contribution in [3.63, 3.8) is 0 Å². The molecule has 0 saturated carbocycles. The molecular formula is C20H19F2N3O2S. The van der Waals surface area contributed by atoms with Crippen LogP contribution in [0.25, 0.3) is 10.9 Å². The molecule has 146 valence electrons. The van der Waals surface area contributed by atoms with Crippen molar-refractivity contribution < 1.29 is 13.6 Å². The van der Waals surface area contributed by atoms with Crippen LogP contribution in [-0.2, 0) is 6.42 Å². The monoisotopic (exact) mass is 403 g/mol. The van der Waals surface area contributed by atoms with Gasteiger partial charge in [0.1, 0.15) is 10.6 Å². The number of carbonyl (C=O) groups is 1. The van der Waals surface area contributed by atoms with E-state index in [1.54, 1.807) is 11.5 Å². The molecule has 0 spiro atoms. The number of aryl methyl sites for hydroxylation is 2. The van der Waals surface area contributed by atoms with Gasteiger partial charge in [0.2, 0.25) is 5.43 Å². The van der Waals surface area contributed by atoms with E-state index < -0.39 is 23.0 Å². The molecule has 1 amide bonds. The number of amides is 1. The van der Waals surface area contributed by atoms with E-state index in [0.29, 0.717) is 18.4 Å². The molecule has 0 saturated heterocycles. The molecule has 2 atom stereocenters. The van der Waals surface area contributed by atoms with Crippen molar-refractivity contribution in [2.45, 2.75) is 45.7 Å². The zero-order valence-electron chi connectivity index (χ0n) is 15.7. The van der Waals surface area contributed by atoms with Gasteiger partial charge in [-0.3, -0.25) is 9.59 Å². The molecular weight excluding hydrogens is 384 g/mol. The van der Waals surface area contributed by atoms with Crippen LogP contribution in [0.3, 0.4) is 0 Å². The standard InChI is InChI=1S/C20H19F2N3O2S/c1-9-8-28-20(23-9)11(3)24-19(27)14-7-25-10(2)4-5-12-16(22)15(21)6-13(17(12)25)18(14)26/h6-8,10-11H,4-5H2,1-3H3,(H,24,27)/t10-,11-/m1/s1. The zero-order valence-corrected chi connectivity index (χ0v) is 16.5. The Hall–Kier alpha value is -2.61. The number of benzene rings is 1. The molecule has 2 aromatic heterocycles. The summed E-state index contributed by atoms with van der Waals surface area (Å²) in [6.45, 7) is 5.58. The van der Waals surface area contributed by atoms with Crippen LogP contribution in [-0.4, -0.2) is 15.5 Å². The number of nitrogens with zero attached hydrogens (tertiary/aromatic N) is 2. The van der Waals surface area contributed by atoms with Gasteiger partial charge in [-0.25, -0.2) is 13.8 Å². The predicted molar refractivity (Wildman–Crippen MR) is 104 cm³/mol. The molecule has 0 bridgehead atoms. The van der Waals surface area contributed by atoms with Crippen molar-refractivity contribution in [2.24, 2.45) is 0 Å². The van der Waals surface area contributed by atoms with Crippen LogP contribution in [0.2, 0.25) is 0 Å². The molecule has 0 aliphatic carbocycles. The van der Waals surface area contributed by atoms with E-state index in [-0.39, 0.29) is 28.6 Å². The van der Waals surface area contributed by atoms with E-state index in [9.17, 15) is 18.4 Å². The fraction of sp³-hybridized carbons (Fsp3) is 0.350. The molecule has 3 heterocycles. The van der Waals surface area contributed by atoms with Gasteiger partial charge in [0.25, 0.3) is 5.91 Å². The Labute approximate surface area is 164 Å². The second-order valence-corrected chi connectivity index (χ2v) is 8.13. The van der Waals surface area contributed by atoms with Gasteiger partial charge in [0.15, 0.2) is 11.6 Å². The molecule has 1 aromatic carbocycles. The lowest BCUT2D eigenvalue weighted by Crippen LogP contribution is -2.33. The van der Waals surface area contributed by atoms with Crippen molar-refractivity contribution in [1.82, 2.24) is 14.9 Å². The molecule has 3 aromatic rings. The van der Waals surface area contributed by atoms with Crippen LogP contribution in [0.1, 0.15) is 59.0 Å². The van der Waals surface area contributed by atoms with Gasteiger partial charge >= 0.3 is 0 Å². The molecule has 1 aliphatic heterocycles. The second kappa shape index (κ2) is 6.77. The quantitative estimate of drug-likeness (QED) is 0.718. The van der Waals surface area contributed by atoms with E-state index in [0.717, 1.165) is 16.8 Å². The van der Waals surface area contributed by atoms with Crippen molar-refractivity contribution in [3.05, 3.63) is 61.3 Å². The molecule has 1 N–H and O–H groups in total. The molecule has 5 nitrogen and oxygen atoms in total. The summed E-state index contributed by atoms with van der Waals surface area (Å²) < 4.78 is 30.0. The van der Waals surface area contributed by atoms with E-state index in [1.165, 1.54) is 17.5 Å². The fourth-order valence-corrected chi connectivity index (χ4v) is 4.49. The van der Waals surface area contributed by atoms with Crippen LogP contribution in [0.5, 0.6) is 0 Å². The highest BCUT2D eigenvalue weighted by Crippen LogP contribution is 2.32. The summed E-state index contributed by atoms with van der Waals surface area (Å²) in [4.78, 5) is 30.1. The summed E-state index contributed by atoms with van der Waals surface area (Å²) in [7, 11) is 0. The van der Waals surface area contributed by atoms with Gasteiger partial charge in [-0.05, 0) is 39.7 Å². The first kappa shape index (κ1) is 18.7. The highest BCUT2D eigenvalue weighted by atomic mass is 32.1. The minimum absolute atomic E-state index is 0.0332. The van der Waals surface area contributed by atoms with Crippen LogP contribution >= 0.6 is 11.3 Å². The largest absolute Gasteiger partial charge is 0.343 e. The Kier molecular flexibility index (Phi) is 4.53. The summed E-state index contributed by atoms with van der Waals surface area (Å²) >= 11 is 1.42. The lowest BCUT2D eigenvalue weighted by atomic mass is 9.95. The number of thiazole rings is 1. The van der Waals surface area contributed by atoms with E-state index in [2.05, 4.69) is 10.3 Å². The second-order valence-electron chi connectivity index (χ2n) is 7.24. The first-order chi connectivity index (χ1) is 13.3. The summed E-state index contributed by atoms with van der Waals surface area (Å²) in [5.74, 6) is -2.54. The topological polar surface area (TPSA) is 64.0 Å². The molecule has 0 radical (unpaired) electrons. The van der Waals surface area contributed by atoms with Gasteiger partial charge in [0.05, 0.1) is 11.6 Å². The Balaban J connectivity index is 1.82. The highest BCUT2D eigenvalue weighted by molar-refractivity contribution is 7.09. The average molecular weight is 403 g/mol. The number of hydrogen-bond acceptors (Lipinski definition) is 4. The third-order valence-electron chi connectivity index (χ3n) is 5.19. The number of hydrogen-bond donors (Lipinski definition) is 1. The third-order valence-corrected chi connectivity index (χ3v) is 6.33. The maximum Gasteiger partial charge on any atom is 0.257 e. The third kappa shape index (κ3) is 2.92. The van der Waals surface area contributed by atoms with E-state index >= 15 is 0 Å². The van der Waals surface area contributed by atoms with Gasteiger partial charge in [-0.15, -0.1) is 11.3 Å². The Morgan fingerprint density at radius 2 is 2.18 bits per heavy atom. The van der Waals surface area contributed by atoms with Gasteiger partial charge in [0, 0.05) is 34.3 Å². The van der Waals surface area contributed by atoms with Gasteiger partial charge in [-0.2, -0.15) is 0 Å². The normalized spacial score (nSPS) is 17.0. The maximum absolute atomic E-state index is 14.2. The molecule has 0 unspecified atom stereocenters. The van der Waals surface area contributed by atoms with Crippen molar-refractivity contribution >= 4 is 28.1 Å². The number of carbonyl (C=O) groups excluding carboxylic acids is 1. The zero-order chi connectivity index (χ0) is 20.2. The van der Waals surface area contributed by atoms with E-state index in [4.69, 9.17) is 0 Å². The first-order valence-electron chi connectivity index (χ1n) is 9.06. The fourth-order valence-electron chi connectivity index (χ4n) is 3.68. The van der Waals surface area contributed by atoms with Gasteiger partial charge in [-0.1, -0.05) is 0 Å². The number of rotatable bonds is 3. The minimum Gasteiger partial charge on any atom is -0.343 e. The molecule has 28 heavy (non-hydrogen) atoms. The summed E-state index contributed by atoms with van der Waals surface area (Å²) in [5, 5.41) is 5.43. The summed E-state index contributed by atoms with van der Waals surface area (Å²) in [6, 6.07) is 0.488. The Bertz CT molecular complexity index is 1170. The van der Waals surface area contributed by atoms with Crippen LogP contribution in [0.4, 0.5) is 8.78 Å². The predicted octanol–water partition coefficient (Wildman–Crippen LogP) is 4.04. The SMILES string of the molecule is Cc1csc([C@@H](C)NC(=O)c2cn3c4c(c(F)c(F)cc4c2=O)CC[C@H]3C)n1. The molecule has 1 aliphatic rings. The lowest BCUT2D eigenvalue weighted by Gasteiger charge is -2.27. The minimum atomic E-state index is -1.06. The molecule has 4 rings (SSSR count). The molecule has 8 heteroatoms. The number of nitrogens with one attached hydrogen (secondary N) is 1. The maximum atomic E-state index is 14.2. The number of halogens is 2. The average Bonchev–Trinajstić information content (AvgIpc) is 3.09. The number of pyridine rings is 1. The number of aromatic nitrogens is 2. The highest BCUT2D eigenvalue weighted by Gasteiger charge is 2.27. The van der Waals surface area contributed by atoms with Crippen LogP contribution in [0.15, 0.2) is 22.4 Å². The van der Waals surface area contributed by atoms with Crippen LogP contribution in [0, 0.1) is 18.6 Å². The van der Waals surface area contributed by atoms with Crippen molar-refractivity contribution in [1.29, 1.82) is 0 Å².